The number of carbonyl (C=O) groups excluding carboxylic acids is 1. The molecule has 0 radical (unpaired) electrons. The molecule has 1 aliphatic rings. The molecule has 0 saturated heterocycles. The van der Waals surface area contributed by atoms with Gasteiger partial charge in [0.2, 0.25) is 10.0 Å². The molecule has 2 rings (SSSR count). The van der Waals surface area contributed by atoms with Crippen LogP contribution in [0.4, 0.5) is 10.5 Å². The molecule has 0 bridgehead atoms. The van der Waals surface area contributed by atoms with Gasteiger partial charge in [0.1, 0.15) is 0 Å². The second kappa shape index (κ2) is 8.68. The molecule has 1 aromatic rings. The van der Waals surface area contributed by atoms with Crippen LogP contribution in [-0.4, -0.2) is 55.6 Å². The SMILES string of the molecule is CCc1ccc(NC(=O)NC2CC(N(CC)CC(=O)O)C2)cc1S(N)(=O)=O. The minimum atomic E-state index is -3.88. The van der Waals surface area contributed by atoms with Crippen molar-refractivity contribution < 1.29 is 23.1 Å². The molecule has 5 N–H and O–H groups in total. The van der Waals surface area contributed by atoms with Crippen molar-refractivity contribution >= 4 is 27.7 Å². The van der Waals surface area contributed by atoms with E-state index in [2.05, 4.69) is 10.6 Å². The fourth-order valence-corrected chi connectivity index (χ4v) is 4.09. The van der Waals surface area contributed by atoms with Gasteiger partial charge in [-0.2, -0.15) is 0 Å². The summed E-state index contributed by atoms with van der Waals surface area (Å²) < 4.78 is 23.4. The first-order chi connectivity index (χ1) is 12.6. The fraction of sp³-hybridized carbons (Fsp3) is 0.529. The summed E-state index contributed by atoms with van der Waals surface area (Å²) in [5.74, 6) is -0.868. The number of amides is 2. The van der Waals surface area contributed by atoms with Crippen LogP contribution in [0.1, 0.15) is 32.3 Å². The zero-order valence-electron chi connectivity index (χ0n) is 15.4. The van der Waals surface area contributed by atoms with Gasteiger partial charge in [-0.25, -0.2) is 18.4 Å². The first kappa shape index (κ1) is 21.1. The van der Waals surface area contributed by atoms with E-state index in [1.54, 1.807) is 12.1 Å². The molecule has 0 spiro atoms. The van der Waals surface area contributed by atoms with E-state index in [1.165, 1.54) is 6.07 Å². The zero-order chi connectivity index (χ0) is 20.2. The van der Waals surface area contributed by atoms with E-state index in [1.807, 2.05) is 18.7 Å². The molecule has 1 aromatic carbocycles. The summed E-state index contributed by atoms with van der Waals surface area (Å²) in [5.41, 5.74) is 0.925. The van der Waals surface area contributed by atoms with Crippen LogP contribution in [-0.2, 0) is 21.2 Å². The number of nitrogens with zero attached hydrogens (tertiary/aromatic N) is 1. The van der Waals surface area contributed by atoms with Crippen LogP contribution in [0.3, 0.4) is 0 Å². The number of nitrogens with two attached hydrogens (primary N) is 1. The fourth-order valence-electron chi connectivity index (χ4n) is 3.22. The van der Waals surface area contributed by atoms with E-state index in [4.69, 9.17) is 10.2 Å². The molecular formula is C17H26N4O5S. The molecular weight excluding hydrogens is 372 g/mol. The molecule has 2 amide bonds. The Morgan fingerprint density at radius 2 is 1.96 bits per heavy atom. The number of aryl methyl sites for hydroxylation is 1. The van der Waals surface area contributed by atoms with Gasteiger partial charge in [0.25, 0.3) is 0 Å². The van der Waals surface area contributed by atoms with Gasteiger partial charge in [-0.15, -0.1) is 0 Å². The van der Waals surface area contributed by atoms with Crippen LogP contribution >= 0.6 is 0 Å². The summed E-state index contributed by atoms with van der Waals surface area (Å²) in [6.07, 6.45) is 1.85. The number of carbonyl (C=O) groups is 2. The molecule has 0 unspecified atom stereocenters. The normalized spacial score (nSPS) is 19.4. The zero-order valence-corrected chi connectivity index (χ0v) is 16.3. The van der Waals surface area contributed by atoms with Crippen molar-refractivity contribution in [2.75, 3.05) is 18.4 Å². The molecule has 1 saturated carbocycles. The highest BCUT2D eigenvalue weighted by molar-refractivity contribution is 7.89. The van der Waals surface area contributed by atoms with Gasteiger partial charge < -0.3 is 15.7 Å². The largest absolute Gasteiger partial charge is 0.480 e. The Bertz CT molecular complexity index is 806. The van der Waals surface area contributed by atoms with Gasteiger partial charge in [0.05, 0.1) is 11.4 Å². The average molecular weight is 398 g/mol. The molecule has 9 nitrogen and oxygen atoms in total. The summed E-state index contributed by atoms with van der Waals surface area (Å²) in [4.78, 5) is 24.9. The number of hydrogen-bond donors (Lipinski definition) is 4. The lowest BCUT2D eigenvalue weighted by atomic mass is 9.85. The van der Waals surface area contributed by atoms with Gasteiger partial charge in [0, 0.05) is 17.8 Å². The number of urea groups is 1. The maximum absolute atomic E-state index is 12.1. The van der Waals surface area contributed by atoms with E-state index in [0.717, 1.165) is 0 Å². The van der Waals surface area contributed by atoms with Crippen LogP contribution < -0.4 is 15.8 Å². The second-order valence-corrected chi connectivity index (χ2v) is 8.13. The number of primary sulfonamides is 1. The standard InChI is InChI=1S/C17H26N4O5S/c1-3-11-5-6-12(9-15(11)27(18,25)26)19-17(24)20-13-7-14(8-13)21(4-2)10-16(22)23/h5-6,9,13-14H,3-4,7-8,10H2,1-2H3,(H,22,23)(H2,18,25,26)(H2,19,20,24). The third-order valence-electron chi connectivity index (χ3n) is 4.72. The van der Waals surface area contributed by atoms with Crippen LogP contribution in [0.2, 0.25) is 0 Å². The van der Waals surface area contributed by atoms with E-state index in [0.29, 0.717) is 37.1 Å². The van der Waals surface area contributed by atoms with Crippen LogP contribution in [0.5, 0.6) is 0 Å². The van der Waals surface area contributed by atoms with Gasteiger partial charge >= 0.3 is 12.0 Å². The Balaban J connectivity index is 1.91. The van der Waals surface area contributed by atoms with Gasteiger partial charge in [-0.05, 0) is 43.5 Å². The van der Waals surface area contributed by atoms with Crippen molar-refractivity contribution in [1.82, 2.24) is 10.2 Å². The Hall–Kier alpha value is -2.17. The highest BCUT2D eigenvalue weighted by Crippen LogP contribution is 2.26. The maximum atomic E-state index is 12.1. The molecule has 0 heterocycles. The number of sulfonamides is 1. The lowest BCUT2D eigenvalue weighted by Crippen LogP contribution is -2.55. The molecule has 150 valence electrons. The Labute approximate surface area is 159 Å². The monoisotopic (exact) mass is 398 g/mol. The van der Waals surface area contributed by atoms with Crippen molar-refractivity contribution in [3.05, 3.63) is 23.8 Å². The number of anilines is 1. The molecule has 1 aliphatic carbocycles. The predicted octanol–water partition coefficient (Wildman–Crippen LogP) is 0.955. The van der Waals surface area contributed by atoms with Crippen LogP contribution in [0.25, 0.3) is 0 Å². The van der Waals surface area contributed by atoms with E-state index in [9.17, 15) is 18.0 Å². The van der Waals surface area contributed by atoms with Crippen LogP contribution in [0, 0.1) is 0 Å². The van der Waals surface area contributed by atoms with Crippen molar-refractivity contribution in [2.45, 2.75) is 50.1 Å². The van der Waals surface area contributed by atoms with E-state index >= 15 is 0 Å². The Kier molecular flexibility index (Phi) is 6.79. The number of hydrogen-bond acceptors (Lipinski definition) is 5. The third kappa shape index (κ3) is 5.65. The van der Waals surface area contributed by atoms with Gasteiger partial charge in [-0.1, -0.05) is 19.9 Å². The summed E-state index contributed by atoms with van der Waals surface area (Å²) >= 11 is 0. The molecule has 0 atom stereocenters. The minimum absolute atomic E-state index is 0.00114. The van der Waals surface area contributed by atoms with E-state index in [-0.39, 0.29) is 23.5 Å². The number of carboxylic acids is 1. The Morgan fingerprint density at radius 1 is 1.30 bits per heavy atom. The number of carboxylic acid groups (broad SMARTS) is 1. The van der Waals surface area contributed by atoms with Crippen molar-refractivity contribution in [2.24, 2.45) is 5.14 Å². The number of nitrogens with one attached hydrogen (secondary N) is 2. The predicted molar refractivity (Wildman–Crippen MR) is 101 cm³/mol. The number of likely N-dealkylation sites (N-methyl/N-ethyl adjacent to an activating group) is 1. The molecule has 1 fully saturated rings. The Morgan fingerprint density at radius 3 is 2.48 bits per heavy atom. The van der Waals surface area contributed by atoms with E-state index < -0.39 is 22.0 Å². The molecule has 0 aromatic heterocycles. The smallest absolute Gasteiger partial charge is 0.319 e. The summed E-state index contributed by atoms with van der Waals surface area (Å²) in [6.45, 7) is 4.34. The topological polar surface area (TPSA) is 142 Å². The number of aliphatic carboxylic acids is 1. The van der Waals surface area contributed by atoms with Crippen molar-refractivity contribution in [3.8, 4) is 0 Å². The highest BCUT2D eigenvalue weighted by atomic mass is 32.2. The van der Waals surface area contributed by atoms with Crippen molar-refractivity contribution in [1.29, 1.82) is 0 Å². The summed E-state index contributed by atoms with van der Waals surface area (Å²) in [5, 5.41) is 19.6. The maximum Gasteiger partial charge on any atom is 0.319 e. The average Bonchev–Trinajstić information content (AvgIpc) is 2.55. The number of benzene rings is 1. The molecule has 10 heteroatoms. The second-order valence-electron chi connectivity index (χ2n) is 6.60. The quantitative estimate of drug-likeness (QED) is 0.514. The molecule has 27 heavy (non-hydrogen) atoms. The van der Waals surface area contributed by atoms with Gasteiger partial charge in [0.15, 0.2) is 0 Å². The lowest BCUT2D eigenvalue weighted by molar-refractivity contribution is -0.139. The van der Waals surface area contributed by atoms with Gasteiger partial charge in [-0.3, -0.25) is 9.69 Å². The first-order valence-electron chi connectivity index (χ1n) is 8.83. The minimum Gasteiger partial charge on any atom is -0.480 e. The van der Waals surface area contributed by atoms with Crippen LogP contribution in [0.15, 0.2) is 23.1 Å². The highest BCUT2D eigenvalue weighted by Gasteiger charge is 2.34. The van der Waals surface area contributed by atoms with Crippen molar-refractivity contribution in [3.63, 3.8) is 0 Å². The summed E-state index contributed by atoms with van der Waals surface area (Å²) in [7, 11) is -3.88. The molecule has 0 aliphatic heterocycles. The summed E-state index contributed by atoms with van der Waals surface area (Å²) in [6, 6.07) is 4.24. The first-order valence-corrected chi connectivity index (χ1v) is 10.4. The number of rotatable bonds is 8. The third-order valence-corrected chi connectivity index (χ3v) is 5.71. The lowest BCUT2D eigenvalue weighted by Gasteiger charge is -2.42.